The van der Waals surface area contributed by atoms with Crippen LogP contribution in [0.5, 0.6) is 11.5 Å². The highest BCUT2D eigenvalue weighted by Gasteiger charge is 2.10. The number of nitrogens with one attached hydrogen (secondary N) is 1. The zero-order valence-corrected chi connectivity index (χ0v) is 18.1. The average molecular weight is 438 g/mol. The van der Waals surface area contributed by atoms with Crippen LogP contribution in [-0.2, 0) is 30.8 Å². The van der Waals surface area contributed by atoms with Crippen molar-refractivity contribution in [1.82, 2.24) is 5.32 Å². The molecule has 0 bridgehead atoms. The number of aliphatic hydroxyl groups is 2. The van der Waals surface area contributed by atoms with E-state index in [0.717, 1.165) is 17.5 Å². The van der Waals surface area contributed by atoms with Gasteiger partial charge >= 0.3 is 0 Å². The van der Waals surface area contributed by atoms with Gasteiger partial charge in [0.2, 0.25) is 0 Å². The van der Waals surface area contributed by atoms with E-state index in [9.17, 15) is 20.4 Å². The number of aromatic hydroxyl groups is 2. The number of aliphatic hydroxyl groups excluding tert-OH is 2. The molecule has 32 heavy (non-hydrogen) atoms. The third-order valence-electron chi connectivity index (χ3n) is 5.35. The zero-order valence-electron chi connectivity index (χ0n) is 18.1. The van der Waals surface area contributed by atoms with Gasteiger partial charge in [0, 0.05) is 12.1 Å². The maximum absolute atomic E-state index is 10.3. The van der Waals surface area contributed by atoms with Crippen LogP contribution in [0, 0.1) is 0 Å². The minimum Gasteiger partial charge on any atom is -0.508 e. The summed E-state index contributed by atoms with van der Waals surface area (Å²) in [5, 5.41) is 42.3. The van der Waals surface area contributed by atoms with Crippen molar-refractivity contribution in [2.45, 2.75) is 32.2 Å². The molecule has 6 nitrogen and oxygen atoms in total. The molecule has 3 rings (SSSR count). The number of benzene rings is 3. The van der Waals surface area contributed by atoms with Gasteiger partial charge in [-0.25, -0.2) is 0 Å². The van der Waals surface area contributed by atoms with Crippen LogP contribution in [0.25, 0.3) is 0 Å². The number of para-hydroxylation sites is 1. The van der Waals surface area contributed by atoms with Crippen LogP contribution < -0.4 is 5.32 Å². The molecule has 3 aromatic rings. The summed E-state index contributed by atoms with van der Waals surface area (Å²) in [6.45, 7) is 1.87. The predicted octanol–water partition coefficient (Wildman–Crippen LogP) is 3.22. The van der Waals surface area contributed by atoms with E-state index in [2.05, 4.69) is 17.4 Å². The predicted molar refractivity (Wildman–Crippen MR) is 123 cm³/mol. The monoisotopic (exact) mass is 437 g/mol. The molecule has 0 saturated heterocycles. The molecule has 5 N–H and O–H groups in total. The molecule has 0 saturated carbocycles. The summed E-state index contributed by atoms with van der Waals surface area (Å²) >= 11 is 0. The van der Waals surface area contributed by atoms with Gasteiger partial charge in [-0.15, -0.1) is 0 Å². The van der Waals surface area contributed by atoms with Gasteiger partial charge in [0.15, 0.2) is 0 Å². The number of hydrogen-bond donors (Lipinski definition) is 5. The normalized spacial score (nSPS) is 12.1. The molecular weight excluding hydrogens is 406 g/mol. The first-order chi connectivity index (χ1) is 15.6. The van der Waals surface area contributed by atoms with Gasteiger partial charge < -0.3 is 30.5 Å². The van der Waals surface area contributed by atoms with E-state index < -0.39 is 6.10 Å². The molecule has 0 aliphatic heterocycles. The quantitative estimate of drug-likeness (QED) is 0.279. The second kappa shape index (κ2) is 12.2. The maximum Gasteiger partial charge on any atom is 0.121 e. The SMILES string of the molecule is OCc1cc(C(O)CNCCc2cccc(COCCc3ccccc3O)c2)ccc1O. The number of hydrogen-bond acceptors (Lipinski definition) is 6. The fraction of sp³-hybridized carbons (Fsp3) is 0.308. The molecule has 0 amide bonds. The Hall–Kier alpha value is -2.90. The Kier molecular flexibility index (Phi) is 9.07. The first-order valence-electron chi connectivity index (χ1n) is 10.8. The zero-order chi connectivity index (χ0) is 22.8. The molecule has 1 atom stereocenters. The van der Waals surface area contributed by atoms with E-state index in [1.165, 1.54) is 11.6 Å². The Morgan fingerprint density at radius 1 is 0.812 bits per heavy atom. The molecule has 0 fully saturated rings. The van der Waals surface area contributed by atoms with Crippen molar-refractivity contribution in [3.63, 3.8) is 0 Å². The van der Waals surface area contributed by atoms with Crippen molar-refractivity contribution in [1.29, 1.82) is 0 Å². The largest absolute Gasteiger partial charge is 0.508 e. The van der Waals surface area contributed by atoms with Crippen LogP contribution in [0.15, 0.2) is 66.7 Å². The lowest BCUT2D eigenvalue weighted by molar-refractivity contribution is 0.123. The molecule has 0 aliphatic rings. The van der Waals surface area contributed by atoms with Crippen molar-refractivity contribution in [2.75, 3.05) is 19.7 Å². The number of ether oxygens (including phenoxy) is 1. The molecule has 6 heteroatoms. The summed E-state index contributed by atoms with van der Waals surface area (Å²) in [5.41, 5.74) is 4.22. The number of rotatable bonds is 12. The van der Waals surface area contributed by atoms with Crippen molar-refractivity contribution in [2.24, 2.45) is 0 Å². The van der Waals surface area contributed by atoms with Crippen LogP contribution >= 0.6 is 0 Å². The molecule has 170 valence electrons. The molecular formula is C26H31NO5. The fourth-order valence-electron chi connectivity index (χ4n) is 3.50. The number of phenolic OH excluding ortho intramolecular Hbond substituents is 1. The summed E-state index contributed by atoms with van der Waals surface area (Å²) < 4.78 is 5.77. The highest BCUT2D eigenvalue weighted by Crippen LogP contribution is 2.22. The van der Waals surface area contributed by atoms with Crippen molar-refractivity contribution in [3.05, 3.63) is 94.5 Å². The molecule has 3 aromatic carbocycles. The van der Waals surface area contributed by atoms with E-state index in [4.69, 9.17) is 4.74 Å². The van der Waals surface area contributed by atoms with Crippen LogP contribution in [-0.4, -0.2) is 40.1 Å². The molecule has 0 aromatic heterocycles. The minimum absolute atomic E-state index is 0.0264. The Morgan fingerprint density at radius 2 is 1.59 bits per heavy atom. The van der Waals surface area contributed by atoms with Gasteiger partial charge in [0.1, 0.15) is 11.5 Å². The lowest BCUT2D eigenvalue weighted by atomic mass is 10.0. The van der Waals surface area contributed by atoms with Crippen LogP contribution in [0.1, 0.15) is 33.9 Å². The third-order valence-corrected chi connectivity index (χ3v) is 5.35. The molecule has 1 unspecified atom stereocenters. The van der Waals surface area contributed by atoms with Gasteiger partial charge in [-0.05, 0) is 59.8 Å². The highest BCUT2D eigenvalue weighted by molar-refractivity contribution is 5.36. The Labute approximate surface area is 188 Å². The maximum atomic E-state index is 10.3. The summed E-state index contributed by atoms with van der Waals surface area (Å²) in [5.74, 6) is 0.327. The smallest absolute Gasteiger partial charge is 0.121 e. The molecule has 0 spiro atoms. The highest BCUT2D eigenvalue weighted by atomic mass is 16.5. The van der Waals surface area contributed by atoms with Gasteiger partial charge in [0.05, 0.1) is 25.9 Å². The summed E-state index contributed by atoms with van der Waals surface area (Å²) in [4.78, 5) is 0. The molecule has 0 aliphatic carbocycles. The van der Waals surface area contributed by atoms with E-state index in [1.807, 2.05) is 24.3 Å². The van der Waals surface area contributed by atoms with E-state index in [1.54, 1.807) is 24.3 Å². The van der Waals surface area contributed by atoms with Gasteiger partial charge in [-0.2, -0.15) is 0 Å². The molecule has 0 heterocycles. The summed E-state index contributed by atoms with van der Waals surface area (Å²) in [6, 6.07) is 20.3. The lowest BCUT2D eigenvalue weighted by Crippen LogP contribution is -2.23. The minimum atomic E-state index is -0.718. The first-order valence-corrected chi connectivity index (χ1v) is 10.8. The second-order valence-electron chi connectivity index (χ2n) is 7.77. The van der Waals surface area contributed by atoms with Gasteiger partial charge in [-0.3, -0.25) is 0 Å². The third kappa shape index (κ3) is 7.07. The first kappa shape index (κ1) is 23.8. The van der Waals surface area contributed by atoms with E-state index in [0.29, 0.717) is 49.6 Å². The average Bonchev–Trinajstić information content (AvgIpc) is 2.81. The van der Waals surface area contributed by atoms with Crippen molar-refractivity contribution in [3.8, 4) is 11.5 Å². The van der Waals surface area contributed by atoms with Crippen LogP contribution in [0.3, 0.4) is 0 Å². The van der Waals surface area contributed by atoms with Crippen molar-refractivity contribution < 1.29 is 25.2 Å². The Morgan fingerprint density at radius 3 is 2.41 bits per heavy atom. The number of phenols is 2. The van der Waals surface area contributed by atoms with Gasteiger partial charge in [0.25, 0.3) is 0 Å². The Bertz CT molecular complexity index is 991. The van der Waals surface area contributed by atoms with Crippen LogP contribution in [0.4, 0.5) is 0 Å². The second-order valence-corrected chi connectivity index (χ2v) is 7.77. The van der Waals surface area contributed by atoms with E-state index >= 15 is 0 Å². The standard InChI is InChI=1S/C26H31NO5/c28-17-23-15-22(8-9-25(23)30)26(31)16-27-12-10-19-4-3-5-20(14-19)18-32-13-11-21-6-1-2-7-24(21)29/h1-9,14-15,26-31H,10-13,16-18H2. The molecule has 0 radical (unpaired) electrons. The lowest BCUT2D eigenvalue weighted by Gasteiger charge is -2.14. The topological polar surface area (TPSA) is 102 Å². The van der Waals surface area contributed by atoms with Crippen molar-refractivity contribution >= 4 is 0 Å². The Balaban J connectivity index is 1.38. The summed E-state index contributed by atoms with van der Waals surface area (Å²) in [6.07, 6.45) is 0.764. The van der Waals surface area contributed by atoms with E-state index in [-0.39, 0.29) is 12.4 Å². The summed E-state index contributed by atoms with van der Waals surface area (Å²) in [7, 11) is 0. The fourth-order valence-corrected chi connectivity index (χ4v) is 3.50. The van der Waals surface area contributed by atoms with Gasteiger partial charge in [-0.1, -0.05) is 48.5 Å². The van der Waals surface area contributed by atoms with Crippen LogP contribution in [0.2, 0.25) is 0 Å².